The van der Waals surface area contributed by atoms with Gasteiger partial charge in [0.1, 0.15) is 0 Å². The molecule has 2 aromatic heterocycles. The minimum atomic E-state index is 0.758. The average molecular weight is 162 g/mol. The average Bonchev–Trinajstić information content (AvgIpc) is 2.63. The van der Waals surface area contributed by atoms with Gasteiger partial charge in [0.2, 0.25) is 0 Å². The molecular formula is C9H10N2O. The third-order valence-electron chi connectivity index (χ3n) is 1.68. The van der Waals surface area contributed by atoms with Gasteiger partial charge in [0, 0.05) is 18.5 Å². The van der Waals surface area contributed by atoms with E-state index in [1.165, 1.54) is 0 Å². The summed E-state index contributed by atoms with van der Waals surface area (Å²) in [6, 6.07) is 5.92. The van der Waals surface area contributed by atoms with Gasteiger partial charge >= 0.3 is 0 Å². The third-order valence-corrected chi connectivity index (χ3v) is 1.68. The van der Waals surface area contributed by atoms with Crippen LogP contribution in [0.2, 0.25) is 0 Å². The second kappa shape index (κ2) is 2.85. The Bertz CT molecular complexity index is 348. The first-order valence-electron chi connectivity index (χ1n) is 3.87. The first-order valence-corrected chi connectivity index (χ1v) is 3.87. The van der Waals surface area contributed by atoms with Crippen molar-refractivity contribution in [2.45, 2.75) is 13.5 Å². The predicted octanol–water partition coefficient (Wildman–Crippen LogP) is 1.83. The van der Waals surface area contributed by atoms with Crippen LogP contribution in [0.15, 0.2) is 35.1 Å². The Morgan fingerprint density at radius 1 is 1.42 bits per heavy atom. The number of aryl methyl sites for hydroxylation is 1. The first-order chi connectivity index (χ1) is 5.84. The first kappa shape index (κ1) is 7.16. The third kappa shape index (κ3) is 1.39. The van der Waals surface area contributed by atoms with E-state index in [9.17, 15) is 0 Å². The summed E-state index contributed by atoms with van der Waals surface area (Å²) in [5.41, 5.74) is 0.928. The van der Waals surface area contributed by atoms with Crippen LogP contribution in [0.5, 0.6) is 0 Å². The van der Waals surface area contributed by atoms with Crippen LogP contribution >= 0.6 is 0 Å². The molecule has 0 fully saturated rings. The zero-order valence-corrected chi connectivity index (χ0v) is 6.90. The molecule has 3 nitrogen and oxygen atoms in total. The number of hydrogen-bond acceptors (Lipinski definition) is 2. The normalized spacial score (nSPS) is 10.4. The van der Waals surface area contributed by atoms with Gasteiger partial charge in [-0.3, -0.25) is 0 Å². The van der Waals surface area contributed by atoms with Crippen LogP contribution in [0.1, 0.15) is 11.5 Å². The lowest BCUT2D eigenvalue weighted by Gasteiger charge is -1.95. The van der Waals surface area contributed by atoms with Crippen molar-refractivity contribution in [2.24, 2.45) is 0 Å². The van der Waals surface area contributed by atoms with Gasteiger partial charge in [-0.1, -0.05) is 5.16 Å². The summed E-state index contributed by atoms with van der Waals surface area (Å²) in [5, 5.41) is 3.81. The van der Waals surface area contributed by atoms with Gasteiger partial charge < -0.3 is 9.09 Å². The maximum Gasteiger partial charge on any atom is 0.156 e. The fourth-order valence-electron chi connectivity index (χ4n) is 1.15. The molecule has 0 amide bonds. The standard InChI is InChI=1S/C9H10N2O/c1-8-6-9(12-10-8)7-11-4-2-3-5-11/h2-6H,7H2,1H3. The second-order valence-corrected chi connectivity index (χ2v) is 2.79. The molecule has 3 heteroatoms. The molecule has 12 heavy (non-hydrogen) atoms. The fourth-order valence-corrected chi connectivity index (χ4v) is 1.15. The van der Waals surface area contributed by atoms with Crippen LogP contribution in [0.3, 0.4) is 0 Å². The van der Waals surface area contributed by atoms with Gasteiger partial charge in [0.25, 0.3) is 0 Å². The Labute approximate surface area is 70.6 Å². The molecule has 0 radical (unpaired) electrons. The summed E-state index contributed by atoms with van der Waals surface area (Å²) in [5.74, 6) is 0.892. The molecule has 0 aromatic carbocycles. The van der Waals surface area contributed by atoms with Gasteiger partial charge in [0.15, 0.2) is 5.76 Å². The summed E-state index contributed by atoms with van der Waals surface area (Å²) < 4.78 is 7.11. The smallest absolute Gasteiger partial charge is 0.156 e. The molecule has 0 aliphatic carbocycles. The molecule has 0 aliphatic rings. The number of rotatable bonds is 2. The van der Waals surface area contributed by atoms with Crippen LogP contribution in [0.4, 0.5) is 0 Å². The largest absolute Gasteiger partial charge is 0.359 e. The summed E-state index contributed by atoms with van der Waals surface area (Å²) in [6.07, 6.45) is 4.00. The predicted molar refractivity (Wildman–Crippen MR) is 44.8 cm³/mol. The van der Waals surface area contributed by atoms with Crippen LogP contribution in [0, 0.1) is 6.92 Å². The van der Waals surface area contributed by atoms with Gasteiger partial charge in [-0.05, 0) is 19.1 Å². The summed E-state index contributed by atoms with van der Waals surface area (Å²) in [4.78, 5) is 0. The van der Waals surface area contributed by atoms with Crippen molar-refractivity contribution in [3.8, 4) is 0 Å². The van der Waals surface area contributed by atoms with E-state index in [0.29, 0.717) is 0 Å². The van der Waals surface area contributed by atoms with Gasteiger partial charge in [0.05, 0.1) is 12.2 Å². The quantitative estimate of drug-likeness (QED) is 0.674. The molecule has 2 aromatic rings. The van der Waals surface area contributed by atoms with Gasteiger partial charge in [-0.15, -0.1) is 0 Å². The van der Waals surface area contributed by atoms with E-state index in [4.69, 9.17) is 4.52 Å². The van der Waals surface area contributed by atoms with E-state index in [1.54, 1.807) is 0 Å². The second-order valence-electron chi connectivity index (χ2n) is 2.79. The van der Waals surface area contributed by atoms with Crippen molar-refractivity contribution in [1.82, 2.24) is 9.72 Å². The molecule has 0 aliphatic heterocycles. The zero-order valence-electron chi connectivity index (χ0n) is 6.90. The lowest BCUT2D eigenvalue weighted by molar-refractivity contribution is 0.373. The highest BCUT2D eigenvalue weighted by atomic mass is 16.5. The molecule has 2 heterocycles. The minimum absolute atomic E-state index is 0.758. The van der Waals surface area contributed by atoms with Crippen molar-refractivity contribution < 1.29 is 4.52 Å². The summed E-state index contributed by atoms with van der Waals surface area (Å²) >= 11 is 0. The summed E-state index contributed by atoms with van der Waals surface area (Å²) in [6.45, 7) is 2.68. The van der Waals surface area contributed by atoms with Crippen LogP contribution in [0.25, 0.3) is 0 Å². The Balaban J connectivity index is 2.14. The monoisotopic (exact) mass is 162 g/mol. The zero-order chi connectivity index (χ0) is 8.39. The molecule has 0 bridgehead atoms. The van der Waals surface area contributed by atoms with Crippen molar-refractivity contribution in [2.75, 3.05) is 0 Å². The van der Waals surface area contributed by atoms with E-state index < -0.39 is 0 Å². The molecular weight excluding hydrogens is 152 g/mol. The molecule has 0 unspecified atom stereocenters. The molecule has 0 atom stereocenters. The van der Waals surface area contributed by atoms with E-state index in [-0.39, 0.29) is 0 Å². The maximum absolute atomic E-state index is 5.07. The fraction of sp³-hybridized carbons (Fsp3) is 0.222. The Morgan fingerprint density at radius 2 is 2.17 bits per heavy atom. The Morgan fingerprint density at radius 3 is 2.75 bits per heavy atom. The van der Waals surface area contributed by atoms with Crippen LogP contribution in [-0.4, -0.2) is 9.72 Å². The highest BCUT2D eigenvalue weighted by Crippen LogP contribution is 2.04. The highest BCUT2D eigenvalue weighted by molar-refractivity contribution is 5.04. The van der Waals surface area contributed by atoms with Gasteiger partial charge in [-0.2, -0.15) is 0 Å². The number of hydrogen-bond donors (Lipinski definition) is 0. The molecule has 0 N–H and O–H groups in total. The Hall–Kier alpha value is -1.51. The van der Waals surface area contributed by atoms with Crippen LogP contribution in [-0.2, 0) is 6.54 Å². The maximum atomic E-state index is 5.07. The van der Waals surface area contributed by atoms with Crippen molar-refractivity contribution in [3.63, 3.8) is 0 Å². The summed E-state index contributed by atoms with van der Waals surface area (Å²) in [7, 11) is 0. The molecule has 2 rings (SSSR count). The SMILES string of the molecule is Cc1cc(Cn2cccc2)on1. The molecule has 0 saturated heterocycles. The number of aromatic nitrogens is 2. The topological polar surface area (TPSA) is 31.0 Å². The van der Waals surface area contributed by atoms with Crippen molar-refractivity contribution in [3.05, 3.63) is 42.0 Å². The molecule has 62 valence electrons. The number of nitrogens with zero attached hydrogens (tertiary/aromatic N) is 2. The van der Waals surface area contributed by atoms with Gasteiger partial charge in [-0.25, -0.2) is 0 Å². The van der Waals surface area contributed by atoms with E-state index in [0.717, 1.165) is 18.0 Å². The van der Waals surface area contributed by atoms with Crippen LogP contribution < -0.4 is 0 Å². The van der Waals surface area contributed by atoms with E-state index >= 15 is 0 Å². The lowest BCUT2D eigenvalue weighted by Crippen LogP contribution is -1.93. The van der Waals surface area contributed by atoms with E-state index in [2.05, 4.69) is 5.16 Å². The van der Waals surface area contributed by atoms with Crippen molar-refractivity contribution >= 4 is 0 Å². The Kier molecular flexibility index (Phi) is 1.70. The van der Waals surface area contributed by atoms with Crippen molar-refractivity contribution in [1.29, 1.82) is 0 Å². The molecule has 0 saturated carbocycles. The minimum Gasteiger partial charge on any atom is -0.359 e. The molecule has 0 spiro atoms. The lowest BCUT2D eigenvalue weighted by atomic mass is 10.4. The van der Waals surface area contributed by atoms with E-state index in [1.807, 2.05) is 42.1 Å². The highest BCUT2D eigenvalue weighted by Gasteiger charge is 1.99.